The number of benzene rings is 3. The molecule has 0 aliphatic rings. The molecule has 122 valence electrons. The third-order valence-corrected chi connectivity index (χ3v) is 4.11. The van der Waals surface area contributed by atoms with E-state index in [0.717, 1.165) is 24.2 Å². The molecule has 0 aromatic heterocycles. The number of phenols is 2. The minimum Gasteiger partial charge on any atom is -0.508 e. The second-order valence-corrected chi connectivity index (χ2v) is 5.85. The van der Waals surface area contributed by atoms with Crippen molar-refractivity contribution in [3.8, 4) is 11.5 Å². The zero-order chi connectivity index (χ0) is 16.8. The molecule has 3 aromatic rings. The van der Waals surface area contributed by atoms with Gasteiger partial charge in [0.25, 0.3) is 0 Å². The van der Waals surface area contributed by atoms with Gasteiger partial charge in [-0.25, -0.2) is 0 Å². The second kappa shape index (κ2) is 7.66. The maximum Gasteiger partial charge on any atom is 0.115 e. The van der Waals surface area contributed by atoms with Gasteiger partial charge in [-0.2, -0.15) is 0 Å². The average Bonchev–Trinajstić information content (AvgIpc) is 2.62. The molecule has 3 N–H and O–H groups in total. The molecule has 0 unspecified atom stereocenters. The SMILES string of the molecule is Oc1ccc(C(CNCc2ccccc2)c2ccc(O)cc2)cc1. The highest BCUT2D eigenvalue weighted by atomic mass is 16.3. The van der Waals surface area contributed by atoms with E-state index in [4.69, 9.17) is 0 Å². The molecule has 0 bridgehead atoms. The summed E-state index contributed by atoms with van der Waals surface area (Å²) in [6.07, 6.45) is 0. The van der Waals surface area contributed by atoms with Gasteiger partial charge in [-0.3, -0.25) is 0 Å². The van der Waals surface area contributed by atoms with Crippen LogP contribution < -0.4 is 5.32 Å². The molecule has 0 amide bonds. The van der Waals surface area contributed by atoms with Gasteiger partial charge in [-0.05, 0) is 41.0 Å². The van der Waals surface area contributed by atoms with Gasteiger partial charge in [0.05, 0.1) is 0 Å². The third-order valence-electron chi connectivity index (χ3n) is 4.11. The Balaban J connectivity index is 1.76. The van der Waals surface area contributed by atoms with Crippen molar-refractivity contribution in [3.05, 3.63) is 95.6 Å². The smallest absolute Gasteiger partial charge is 0.115 e. The zero-order valence-electron chi connectivity index (χ0n) is 13.4. The number of aromatic hydroxyl groups is 2. The topological polar surface area (TPSA) is 52.5 Å². The van der Waals surface area contributed by atoms with Crippen LogP contribution in [0.4, 0.5) is 0 Å². The van der Waals surface area contributed by atoms with Crippen molar-refractivity contribution in [1.29, 1.82) is 0 Å². The van der Waals surface area contributed by atoms with Gasteiger partial charge in [0.2, 0.25) is 0 Å². The van der Waals surface area contributed by atoms with E-state index >= 15 is 0 Å². The van der Waals surface area contributed by atoms with E-state index in [1.807, 2.05) is 42.5 Å². The Morgan fingerprint density at radius 1 is 0.667 bits per heavy atom. The van der Waals surface area contributed by atoms with Crippen LogP contribution in [-0.2, 0) is 6.54 Å². The lowest BCUT2D eigenvalue weighted by Crippen LogP contribution is -2.22. The zero-order valence-corrected chi connectivity index (χ0v) is 13.4. The molecule has 0 spiro atoms. The van der Waals surface area contributed by atoms with Gasteiger partial charge in [-0.1, -0.05) is 54.6 Å². The molecule has 0 aliphatic heterocycles. The molecular formula is C21H21NO2. The van der Waals surface area contributed by atoms with Crippen molar-refractivity contribution < 1.29 is 10.2 Å². The summed E-state index contributed by atoms with van der Waals surface area (Å²) < 4.78 is 0. The first-order chi connectivity index (χ1) is 11.7. The predicted octanol–water partition coefficient (Wildman–Crippen LogP) is 4.02. The van der Waals surface area contributed by atoms with E-state index in [2.05, 4.69) is 17.4 Å². The molecule has 3 nitrogen and oxygen atoms in total. The lowest BCUT2D eigenvalue weighted by atomic mass is 9.91. The van der Waals surface area contributed by atoms with Crippen LogP contribution in [0.3, 0.4) is 0 Å². The van der Waals surface area contributed by atoms with Gasteiger partial charge in [-0.15, -0.1) is 0 Å². The molecule has 24 heavy (non-hydrogen) atoms. The van der Waals surface area contributed by atoms with Crippen LogP contribution in [0.1, 0.15) is 22.6 Å². The minimum absolute atomic E-state index is 0.148. The Morgan fingerprint density at radius 2 is 1.17 bits per heavy atom. The van der Waals surface area contributed by atoms with Crippen LogP contribution in [0.25, 0.3) is 0 Å². The van der Waals surface area contributed by atoms with Gasteiger partial charge in [0.15, 0.2) is 0 Å². The number of hydrogen-bond donors (Lipinski definition) is 3. The summed E-state index contributed by atoms with van der Waals surface area (Å²) in [6.45, 7) is 1.57. The van der Waals surface area contributed by atoms with Crippen LogP contribution in [0.2, 0.25) is 0 Å². The predicted molar refractivity (Wildman–Crippen MR) is 96.2 cm³/mol. The molecule has 3 aromatic carbocycles. The minimum atomic E-state index is 0.148. The fourth-order valence-corrected chi connectivity index (χ4v) is 2.80. The van der Waals surface area contributed by atoms with E-state index in [1.54, 1.807) is 24.3 Å². The first-order valence-electron chi connectivity index (χ1n) is 8.05. The molecule has 0 atom stereocenters. The van der Waals surface area contributed by atoms with E-state index in [-0.39, 0.29) is 17.4 Å². The highest BCUT2D eigenvalue weighted by molar-refractivity contribution is 5.38. The molecule has 0 aliphatic carbocycles. The monoisotopic (exact) mass is 319 g/mol. The van der Waals surface area contributed by atoms with Crippen molar-refractivity contribution in [2.45, 2.75) is 12.5 Å². The highest BCUT2D eigenvalue weighted by Crippen LogP contribution is 2.27. The fraction of sp³-hybridized carbons (Fsp3) is 0.143. The van der Waals surface area contributed by atoms with E-state index in [9.17, 15) is 10.2 Å². The maximum absolute atomic E-state index is 9.52. The largest absolute Gasteiger partial charge is 0.508 e. The van der Waals surface area contributed by atoms with Gasteiger partial charge in [0.1, 0.15) is 11.5 Å². The molecule has 0 radical (unpaired) electrons. The first-order valence-corrected chi connectivity index (χ1v) is 8.05. The summed E-state index contributed by atoms with van der Waals surface area (Å²) in [5.74, 6) is 0.677. The fourth-order valence-electron chi connectivity index (χ4n) is 2.80. The standard InChI is InChI=1S/C21H21NO2/c23-19-10-6-17(7-11-19)21(18-8-12-20(24)13-9-18)15-22-14-16-4-2-1-3-5-16/h1-13,21-24H,14-15H2. The summed E-state index contributed by atoms with van der Waals surface area (Å²) in [4.78, 5) is 0. The van der Waals surface area contributed by atoms with E-state index in [1.165, 1.54) is 5.56 Å². The van der Waals surface area contributed by atoms with Gasteiger partial charge >= 0.3 is 0 Å². The first kappa shape index (κ1) is 16.1. The Hall–Kier alpha value is -2.78. The van der Waals surface area contributed by atoms with Crippen molar-refractivity contribution in [3.63, 3.8) is 0 Å². The molecular weight excluding hydrogens is 298 g/mol. The highest BCUT2D eigenvalue weighted by Gasteiger charge is 2.14. The number of phenolic OH excluding ortho intramolecular Hbond substituents is 2. The molecule has 0 saturated carbocycles. The van der Waals surface area contributed by atoms with Crippen LogP contribution in [-0.4, -0.2) is 16.8 Å². The average molecular weight is 319 g/mol. The third kappa shape index (κ3) is 4.15. The van der Waals surface area contributed by atoms with Crippen molar-refractivity contribution in [2.24, 2.45) is 0 Å². The Morgan fingerprint density at radius 3 is 1.67 bits per heavy atom. The second-order valence-electron chi connectivity index (χ2n) is 5.85. The van der Waals surface area contributed by atoms with Crippen LogP contribution in [0.15, 0.2) is 78.9 Å². The summed E-state index contributed by atoms with van der Waals surface area (Å²) >= 11 is 0. The van der Waals surface area contributed by atoms with Crippen molar-refractivity contribution in [2.75, 3.05) is 6.54 Å². The number of hydrogen-bond acceptors (Lipinski definition) is 3. The van der Waals surface area contributed by atoms with Crippen LogP contribution in [0, 0.1) is 0 Å². The maximum atomic E-state index is 9.52. The number of rotatable bonds is 6. The summed E-state index contributed by atoms with van der Waals surface area (Å²) in [7, 11) is 0. The molecule has 3 heteroatoms. The Labute approximate surface area is 142 Å². The summed E-state index contributed by atoms with van der Waals surface area (Å²) in [5.41, 5.74) is 3.49. The van der Waals surface area contributed by atoms with Crippen LogP contribution >= 0.6 is 0 Å². The van der Waals surface area contributed by atoms with Crippen LogP contribution in [0.5, 0.6) is 11.5 Å². The van der Waals surface area contributed by atoms with Crippen molar-refractivity contribution >= 4 is 0 Å². The van der Waals surface area contributed by atoms with E-state index < -0.39 is 0 Å². The normalized spacial score (nSPS) is 10.9. The molecule has 0 heterocycles. The van der Waals surface area contributed by atoms with Gasteiger partial charge < -0.3 is 15.5 Å². The van der Waals surface area contributed by atoms with E-state index in [0.29, 0.717) is 0 Å². The quantitative estimate of drug-likeness (QED) is 0.643. The number of nitrogens with one attached hydrogen (secondary N) is 1. The molecule has 0 fully saturated rings. The Bertz CT molecular complexity index is 707. The molecule has 3 rings (SSSR count). The lowest BCUT2D eigenvalue weighted by Gasteiger charge is -2.19. The summed E-state index contributed by atoms with van der Waals surface area (Å²) in [6, 6.07) is 24.9. The lowest BCUT2D eigenvalue weighted by molar-refractivity contribution is 0.475. The summed E-state index contributed by atoms with van der Waals surface area (Å²) in [5, 5.41) is 22.5. The van der Waals surface area contributed by atoms with Crippen molar-refractivity contribution in [1.82, 2.24) is 5.32 Å². The van der Waals surface area contributed by atoms with Gasteiger partial charge in [0, 0.05) is 19.0 Å². The Kier molecular flexibility index (Phi) is 5.14. The molecule has 0 saturated heterocycles.